The van der Waals surface area contributed by atoms with Gasteiger partial charge in [0.05, 0.1) is 0 Å². The molecule has 0 radical (unpaired) electrons. The van der Waals surface area contributed by atoms with E-state index in [0.29, 0.717) is 0 Å². The summed E-state index contributed by atoms with van der Waals surface area (Å²) in [5.41, 5.74) is 10.4. The van der Waals surface area contributed by atoms with Gasteiger partial charge in [-0.3, -0.25) is 0 Å². The third-order valence-corrected chi connectivity index (χ3v) is 14.6. The molecule has 0 amide bonds. The van der Waals surface area contributed by atoms with Gasteiger partial charge in [0.1, 0.15) is 0 Å². The van der Waals surface area contributed by atoms with Gasteiger partial charge in [-0.2, -0.15) is 0 Å². The maximum atomic E-state index is 2.38. The second-order valence-corrected chi connectivity index (χ2v) is 17.3. The van der Waals surface area contributed by atoms with Gasteiger partial charge in [-0.15, -0.1) is 0 Å². The third kappa shape index (κ3) is 4.93. The molecule has 0 N–H and O–H groups in total. The Kier molecular flexibility index (Phi) is 7.35. The van der Waals surface area contributed by atoms with Crippen LogP contribution in [0, 0.1) is 0 Å². The van der Waals surface area contributed by atoms with E-state index in [0.717, 1.165) is 0 Å². The van der Waals surface area contributed by atoms with Crippen LogP contribution in [0.15, 0.2) is 206 Å². The molecule has 0 unspecified atom stereocenters. The fourth-order valence-electron chi connectivity index (χ4n) is 9.66. The van der Waals surface area contributed by atoms with Crippen molar-refractivity contribution in [3.63, 3.8) is 0 Å². The van der Waals surface area contributed by atoms with Gasteiger partial charge < -0.3 is 0 Å². The fourth-order valence-corrected chi connectivity index (χ4v) is 12.3. The van der Waals surface area contributed by atoms with Crippen LogP contribution in [0.5, 0.6) is 0 Å². The van der Waals surface area contributed by atoms with Crippen molar-refractivity contribution in [2.45, 2.75) is 0 Å². The maximum absolute atomic E-state index is 2.38. The molecule has 0 bridgehead atoms. The van der Waals surface area contributed by atoms with E-state index in [1.54, 1.807) is 0 Å². The summed E-state index contributed by atoms with van der Waals surface area (Å²) in [6.45, 7) is 0. The van der Waals surface area contributed by atoms with Crippen molar-refractivity contribution in [1.82, 2.24) is 0 Å². The Morgan fingerprint density at radius 2 is 0.702 bits per heavy atom. The van der Waals surface area contributed by atoms with E-state index < -0.39 is 0 Å². The van der Waals surface area contributed by atoms with E-state index in [2.05, 4.69) is 206 Å². The summed E-state index contributed by atoms with van der Waals surface area (Å²) < 4.78 is 2.92. The minimum absolute atomic E-state index is 0.117. The zero-order chi connectivity index (χ0) is 37.5. The molecule has 0 atom stereocenters. The first-order valence-electron chi connectivity index (χ1n) is 19.7. The Morgan fingerprint density at radius 1 is 0.263 bits per heavy atom. The SMILES string of the molecule is c1ccc(-c2c3ccccc3c(-c3cccc4[se]c5c(-c6c7ccccc7c(-c7ccc8ccccc8c7)c7ccccc67)cccc5c34)c3ccccc23)cc1. The monoisotopic (exact) mass is 786 g/mol. The number of rotatable bonds is 4. The predicted molar refractivity (Wildman–Crippen MR) is 248 cm³/mol. The Labute approximate surface area is 336 Å². The molecule has 11 aromatic carbocycles. The van der Waals surface area contributed by atoms with Crippen molar-refractivity contribution in [2.75, 3.05) is 0 Å². The molecule has 0 saturated heterocycles. The molecule has 0 aliphatic heterocycles. The van der Waals surface area contributed by atoms with Gasteiger partial charge in [-0.25, -0.2) is 0 Å². The quantitative estimate of drug-likeness (QED) is 0.123. The first-order valence-corrected chi connectivity index (χ1v) is 21.4. The Balaban J connectivity index is 1.16. The molecule has 0 fully saturated rings. The molecule has 57 heavy (non-hydrogen) atoms. The van der Waals surface area contributed by atoms with Crippen LogP contribution in [0.4, 0.5) is 0 Å². The number of benzene rings is 11. The van der Waals surface area contributed by atoms with Crippen LogP contribution < -0.4 is 0 Å². The van der Waals surface area contributed by atoms with Gasteiger partial charge in [-0.1, -0.05) is 0 Å². The molecule has 0 aliphatic rings. The number of fused-ring (bicyclic) bond motifs is 8. The number of hydrogen-bond acceptors (Lipinski definition) is 0. The molecule has 12 rings (SSSR count). The normalized spacial score (nSPS) is 11.9. The number of hydrogen-bond donors (Lipinski definition) is 0. The zero-order valence-electron chi connectivity index (χ0n) is 31.0. The standard InChI is InChI=1S/C56H34Se/c1-2-17-36(18-3-1)51-39-20-6-10-24-43(39)53(44-25-11-7-21-40(44)51)47-28-15-31-50-55(47)49-30-14-29-48(56(49)57-50)54-45-26-12-8-22-41(45)52(42-23-9-13-27-46(42)54)38-33-32-35-16-4-5-19-37(35)34-38/h1-34H. The summed E-state index contributed by atoms with van der Waals surface area (Å²) in [4.78, 5) is 0. The van der Waals surface area contributed by atoms with Crippen LogP contribution in [-0.2, 0) is 0 Å². The van der Waals surface area contributed by atoms with E-state index in [4.69, 9.17) is 0 Å². The van der Waals surface area contributed by atoms with Gasteiger partial charge in [0.2, 0.25) is 0 Å². The van der Waals surface area contributed by atoms with Gasteiger partial charge in [0, 0.05) is 0 Å². The van der Waals surface area contributed by atoms with Crippen LogP contribution >= 0.6 is 0 Å². The van der Waals surface area contributed by atoms with Gasteiger partial charge in [0.15, 0.2) is 0 Å². The summed E-state index contributed by atoms with van der Waals surface area (Å²) in [5.74, 6) is 0. The zero-order valence-corrected chi connectivity index (χ0v) is 32.8. The van der Waals surface area contributed by atoms with E-state index >= 15 is 0 Å². The van der Waals surface area contributed by atoms with Crippen molar-refractivity contribution in [2.24, 2.45) is 0 Å². The van der Waals surface area contributed by atoms with Gasteiger partial charge in [0.25, 0.3) is 0 Å². The van der Waals surface area contributed by atoms with E-state index in [1.807, 2.05) is 0 Å². The molecule has 0 aliphatic carbocycles. The summed E-state index contributed by atoms with van der Waals surface area (Å²) in [5, 5.41) is 15.6. The Bertz CT molecular complexity index is 3460. The first kappa shape index (κ1) is 32.5. The average molecular weight is 786 g/mol. The molecule has 1 heterocycles. The second kappa shape index (κ2) is 12.9. The Hall–Kier alpha value is -6.76. The first-order chi connectivity index (χ1) is 28.3. The molecule has 0 spiro atoms. The van der Waals surface area contributed by atoms with Crippen molar-refractivity contribution in [3.05, 3.63) is 206 Å². The molecule has 264 valence electrons. The summed E-state index contributed by atoms with van der Waals surface area (Å²) in [6.07, 6.45) is 0. The van der Waals surface area contributed by atoms with Crippen molar-refractivity contribution >= 4 is 87.7 Å². The molecule has 0 saturated carbocycles. The summed E-state index contributed by atoms with van der Waals surface area (Å²) >= 11 is 0.117. The average Bonchev–Trinajstić information content (AvgIpc) is 3.67. The predicted octanol–water partition coefficient (Wildman–Crippen LogP) is 15.5. The van der Waals surface area contributed by atoms with Crippen LogP contribution in [0.1, 0.15) is 0 Å². The van der Waals surface area contributed by atoms with E-state index in [9.17, 15) is 0 Å². The van der Waals surface area contributed by atoms with Gasteiger partial charge >= 0.3 is 338 Å². The Morgan fingerprint density at radius 3 is 1.30 bits per heavy atom. The van der Waals surface area contributed by atoms with E-state index in [-0.39, 0.29) is 14.5 Å². The molecule has 1 aromatic heterocycles. The van der Waals surface area contributed by atoms with E-state index in [1.165, 1.54) is 118 Å². The second-order valence-electron chi connectivity index (χ2n) is 15.1. The van der Waals surface area contributed by atoms with Crippen LogP contribution in [0.3, 0.4) is 0 Å². The van der Waals surface area contributed by atoms with Gasteiger partial charge in [-0.05, 0) is 0 Å². The summed E-state index contributed by atoms with van der Waals surface area (Å²) in [7, 11) is 0. The molecular formula is C56H34Se. The molecule has 12 aromatic rings. The molecular weight excluding hydrogens is 752 g/mol. The van der Waals surface area contributed by atoms with Crippen molar-refractivity contribution in [3.8, 4) is 44.5 Å². The summed E-state index contributed by atoms with van der Waals surface area (Å²) in [6, 6.07) is 76.8. The van der Waals surface area contributed by atoms with Crippen LogP contribution in [0.2, 0.25) is 0 Å². The minimum atomic E-state index is 0.117. The van der Waals surface area contributed by atoms with Crippen molar-refractivity contribution < 1.29 is 0 Å². The third-order valence-electron chi connectivity index (χ3n) is 12.0. The van der Waals surface area contributed by atoms with Crippen LogP contribution in [-0.4, -0.2) is 14.5 Å². The molecule has 1 heteroatoms. The molecule has 0 nitrogen and oxygen atoms in total. The van der Waals surface area contributed by atoms with Crippen molar-refractivity contribution in [1.29, 1.82) is 0 Å². The fraction of sp³-hybridized carbons (Fsp3) is 0. The topological polar surface area (TPSA) is 0 Å². The van der Waals surface area contributed by atoms with Crippen LogP contribution in [0.25, 0.3) is 118 Å².